The number of nitrogens with two attached hydrogens (primary N) is 1. The van der Waals surface area contributed by atoms with Gasteiger partial charge < -0.3 is 20.9 Å². The fourth-order valence-corrected chi connectivity index (χ4v) is 0.956. The predicted octanol–water partition coefficient (Wildman–Crippen LogP) is -0.669. The van der Waals surface area contributed by atoms with Crippen molar-refractivity contribution in [3.63, 3.8) is 0 Å². The number of aliphatic carboxylic acids is 1. The molecule has 0 aromatic carbocycles. The van der Waals surface area contributed by atoms with E-state index < -0.39 is 12.0 Å². The molecule has 0 rings (SSSR count). The maximum Gasteiger partial charge on any atom is 0.320 e. The van der Waals surface area contributed by atoms with Crippen LogP contribution < -0.4 is 11.1 Å². The van der Waals surface area contributed by atoms with Crippen LogP contribution in [0.15, 0.2) is 0 Å². The van der Waals surface area contributed by atoms with E-state index in [0.717, 1.165) is 0 Å². The number of methoxy groups -OCH3 is 1. The highest BCUT2D eigenvalue weighted by molar-refractivity contribution is 5.76. The molecule has 0 aliphatic rings. The molecular weight excluding hydrogens is 200 g/mol. The number of rotatable bonds is 8. The summed E-state index contributed by atoms with van der Waals surface area (Å²) >= 11 is 0. The van der Waals surface area contributed by atoms with E-state index in [2.05, 4.69) is 5.32 Å². The molecule has 0 heterocycles. The molecule has 0 unspecified atom stereocenters. The van der Waals surface area contributed by atoms with Crippen molar-refractivity contribution >= 4 is 11.9 Å². The van der Waals surface area contributed by atoms with Gasteiger partial charge in [0, 0.05) is 20.1 Å². The minimum Gasteiger partial charge on any atom is -0.480 e. The van der Waals surface area contributed by atoms with Crippen LogP contribution in [0.25, 0.3) is 0 Å². The number of carbonyl (C=O) groups is 2. The third-order valence-corrected chi connectivity index (χ3v) is 1.86. The summed E-state index contributed by atoms with van der Waals surface area (Å²) in [6.45, 7) is 0.837. The number of hydrogen-bond donors (Lipinski definition) is 3. The lowest BCUT2D eigenvalue weighted by atomic mass is 10.2. The highest BCUT2D eigenvalue weighted by Gasteiger charge is 2.10. The minimum atomic E-state index is -1.01. The smallest absolute Gasteiger partial charge is 0.320 e. The van der Waals surface area contributed by atoms with Crippen molar-refractivity contribution in [2.75, 3.05) is 20.3 Å². The number of hydrogen-bond acceptors (Lipinski definition) is 4. The van der Waals surface area contributed by atoms with E-state index >= 15 is 0 Å². The molecule has 0 saturated heterocycles. The third kappa shape index (κ3) is 7.90. The summed E-state index contributed by atoms with van der Waals surface area (Å²) < 4.78 is 4.73. The second-order valence-corrected chi connectivity index (χ2v) is 3.18. The van der Waals surface area contributed by atoms with E-state index in [1.807, 2.05) is 0 Å². The second kappa shape index (κ2) is 8.19. The van der Waals surface area contributed by atoms with Crippen LogP contribution >= 0.6 is 0 Å². The number of carbonyl (C=O) groups excluding carboxylic acids is 1. The summed E-state index contributed by atoms with van der Waals surface area (Å²) in [5.41, 5.74) is 5.28. The molecule has 1 amide bonds. The molecule has 0 aliphatic carbocycles. The van der Waals surface area contributed by atoms with Crippen LogP contribution in [0.1, 0.15) is 19.3 Å². The van der Waals surface area contributed by atoms with Gasteiger partial charge in [0.25, 0.3) is 0 Å². The van der Waals surface area contributed by atoms with Gasteiger partial charge in [-0.05, 0) is 12.8 Å². The average molecular weight is 218 g/mol. The zero-order chi connectivity index (χ0) is 11.7. The van der Waals surface area contributed by atoms with E-state index in [1.165, 1.54) is 7.11 Å². The topological polar surface area (TPSA) is 102 Å². The lowest BCUT2D eigenvalue weighted by molar-refractivity contribution is -0.138. The Labute approximate surface area is 88.8 Å². The molecule has 0 fully saturated rings. The molecule has 0 saturated carbocycles. The molecule has 4 N–H and O–H groups in total. The number of ether oxygens (including phenoxy) is 1. The van der Waals surface area contributed by atoms with Gasteiger partial charge in [0.1, 0.15) is 6.04 Å². The molecule has 0 bridgehead atoms. The standard InChI is InChI=1S/C9H18N2O4/c1-15-6-4-8(12)11-5-2-3-7(10)9(13)14/h7H,2-6,10H2,1H3,(H,11,12)(H,13,14)/t7-/m0/s1. The monoisotopic (exact) mass is 218 g/mol. The van der Waals surface area contributed by atoms with Crippen molar-refractivity contribution in [2.45, 2.75) is 25.3 Å². The Hall–Kier alpha value is -1.14. The highest BCUT2D eigenvalue weighted by atomic mass is 16.5. The van der Waals surface area contributed by atoms with Crippen molar-refractivity contribution < 1.29 is 19.4 Å². The van der Waals surface area contributed by atoms with E-state index in [4.69, 9.17) is 15.6 Å². The molecule has 15 heavy (non-hydrogen) atoms. The Morgan fingerprint density at radius 2 is 2.20 bits per heavy atom. The zero-order valence-corrected chi connectivity index (χ0v) is 8.86. The van der Waals surface area contributed by atoms with Gasteiger partial charge in [-0.2, -0.15) is 0 Å². The summed E-state index contributed by atoms with van der Waals surface area (Å²) in [6, 6.07) is -0.846. The van der Waals surface area contributed by atoms with E-state index in [1.54, 1.807) is 0 Å². The Kier molecular flexibility index (Phi) is 7.57. The lowest BCUT2D eigenvalue weighted by Crippen LogP contribution is -2.32. The van der Waals surface area contributed by atoms with Crippen LogP contribution in [0, 0.1) is 0 Å². The van der Waals surface area contributed by atoms with E-state index in [0.29, 0.717) is 32.4 Å². The molecule has 6 nitrogen and oxygen atoms in total. The fraction of sp³-hybridized carbons (Fsp3) is 0.778. The molecule has 6 heteroatoms. The van der Waals surface area contributed by atoms with Crippen molar-refractivity contribution in [2.24, 2.45) is 5.73 Å². The average Bonchev–Trinajstić information content (AvgIpc) is 2.20. The lowest BCUT2D eigenvalue weighted by Gasteiger charge is -2.07. The molecule has 1 atom stereocenters. The molecule has 0 aliphatic heterocycles. The van der Waals surface area contributed by atoms with Gasteiger partial charge in [0.15, 0.2) is 0 Å². The summed E-state index contributed by atoms with van der Waals surface area (Å²) in [5, 5.41) is 11.1. The van der Waals surface area contributed by atoms with Gasteiger partial charge in [0.2, 0.25) is 5.91 Å². The van der Waals surface area contributed by atoms with Gasteiger partial charge >= 0.3 is 5.97 Å². The van der Waals surface area contributed by atoms with Crippen molar-refractivity contribution in [3.8, 4) is 0 Å². The van der Waals surface area contributed by atoms with E-state index in [-0.39, 0.29) is 5.91 Å². The van der Waals surface area contributed by atoms with Crippen molar-refractivity contribution in [3.05, 3.63) is 0 Å². The van der Waals surface area contributed by atoms with Crippen molar-refractivity contribution in [1.29, 1.82) is 0 Å². The van der Waals surface area contributed by atoms with E-state index in [9.17, 15) is 9.59 Å². The third-order valence-electron chi connectivity index (χ3n) is 1.86. The molecule has 0 radical (unpaired) electrons. The molecular formula is C9H18N2O4. The van der Waals surface area contributed by atoms with Crippen LogP contribution in [0.4, 0.5) is 0 Å². The first-order chi connectivity index (χ1) is 7.07. The van der Waals surface area contributed by atoms with Crippen LogP contribution in [-0.2, 0) is 14.3 Å². The van der Waals surface area contributed by atoms with Gasteiger partial charge in [-0.1, -0.05) is 0 Å². The van der Waals surface area contributed by atoms with Gasteiger partial charge in [-0.15, -0.1) is 0 Å². The Balaban J connectivity index is 3.38. The minimum absolute atomic E-state index is 0.0965. The number of carboxylic acids is 1. The maximum absolute atomic E-state index is 11.0. The Morgan fingerprint density at radius 3 is 2.73 bits per heavy atom. The number of amides is 1. The second-order valence-electron chi connectivity index (χ2n) is 3.18. The molecule has 0 spiro atoms. The van der Waals surface area contributed by atoms with Crippen LogP contribution in [0.5, 0.6) is 0 Å². The van der Waals surface area contributed by atoms with Gasteiger partial charge in [-0.25, -0.2) is 0 Å². The van der Waals surface area contributed by atoms with Gasteiger partial charge in [0.05, 0.1) is 6.61 Å². The summed E-state index contributed by atoms with van der Waals surface area (Å²) in [4.78, 5) is 21.4. The SMILES string of the molecule is COCCC(=O)NCCC[C@H](N)C(=O)O. The highest BCUT2D eigenvalue weighted by Crippen LogP contribution is 1.93. The van der Waals surface area contributed by atoms with Crippen molar-refractivity contribution in [1.82, 2.24) is 5.32 Å². The molecule has 88 valence electrons. The number of nitrogens with one attached hydrogen (secondary N) is 1. The molecule has 0 aromatic rings. The van der Waals surface area contributed by atoms with Crippen LogP contribution in [0.3, 0.4) is 0 Å². The Bertz CT molecular complexity index is 208. The number of carboxylic acid groups (broad SMARTS) is 1. The summed E-state index contributed by atoms with van der Waals surface area (Å²) in [7, 11) is 1.53. The largest absolute Gasteiger partial charge is 0.480 e. The predicted molar refractivity (Wildman–Crippen MR) is 54.3 cm³/mol. The first-order valence-electron chi connectivity index (χ1n) is 4.82. The molecule has 0 aromatic heterocycles. The first kappa shape index (κ1) is 13.9. The Morgan fingerprint density at radius 1 is 1.53 bits per heavy atom. The fourth-order valence-electron chi connectivity index (χ4n) is 0.956. The summed E-state index contributed by atoms with van der Waals surface area (Å²) in [6.07, 6.45) is 1.24. The van der Waals surface area contributed by atoms with Crippen LogP contribution in [0.2, 0.25) is 0 Å². The normalized spacial score (nSPS) is 12.1. The van der Waals surface area contributed by atoms with Gasteiger partial charge in [-0.3, -0.25) is 9.59 Å². The summed E-state index contributed by atoms with van der Waals surface area (Å²) in [5.74, 6) is -1.11. The quantitative estimate of drug-likeness (QED) is 0.469. The van der Waals surface area contributed by atoms with Crippen LogP contribution in [-0.4, -0.2) is 43.3 Å². The zero-order valence-electron chi connectivity index (χ0n) is 8.86. The first-order valence-corrected chi connectivity index (χ1v) is 4.82. The maximum atomic E-state index is 11.0.